The molecule has 2 aliphatic heterocycles. The molecule has 2 aromatic carbocycles. The van der Waals surface area contributed by atoms with Gasteiger partial charge < -0.3 is 9.72 Å². The zero-order chi connectivity index (χ0) is 21.8. The third kappa shape index (κ3) is 2.78. The van der Waals surface area contributed by atoms with Crippen molar-refractivity contribution in [2.24, 2.45) is 0 Å². The minimum atomic E-state index is -0.455. The summed E-state index contributed by atoms with van der Waals surface area (Å²) in [4.78, 5) is 34.4. The lowest BCUT2D eigenvalue weighted by molar-refractivity contribution is -0.130. The topological polar surface area (TPSA) is 65.6 Å². The standard InChI is InChI=1S/C26H27N3O3/c1-32-18-13-11-16(12-14-18)24-23-20(19-9-5-6-10-21(19)27-23)15-22-25(30)28(26(31)29(22)24)17-7-3-2-4-8-17/h5-6,9-14,17,22,24,27H,2-4,7-8,15H2,1H3. The lowest BCUT2D eigenvalue weighted by Crippen LogP contribution is -2.44. The van der Waals surface area contributed by atoms with Gasteiger partial charge in [-0.1, -0.05) is 49.6 Å². The summed E-state index contributed by atoms with van der Waals surface area (Å²) >= 11 is 0. The summed E-state index contributed by atoms with van der Waals surface area (Å²) in [5, 5.41) is 1.14. The summed E-state index contributed by atoms with van der Waals surface area (Å²) in [6.45, 7) is 0. The Kier molecular flexibility index (Phi) is 4.49. The van der Waals surface area contributed by atoms with Gasteiger partial charge in [-0.05, 0) is 42.2 Å². The van der Waals surface area contributed by atoms with Gasteiger partial charge in [0, 0.05) is 29.1 Å². The van der Waals surface area contributed by atoms with E-state index < -0.39 is 6.04 Å². The summed E-state index contributed by atoms with van der Waals surface area (Å²) in [6.07, 6.45) is 5.74. The molecular weight excluding hydrogens is 402 g/mol. The molecular formula is C26H27N3O3. The fourth-order valence-corrected chi connectivity index (χ4v) is 5.90. The molecule has 0 bridgehead atoms. The fourth-order valence-electron chi connectivity index (χ4n) is 5.90. The van der Waals surface area contributed by atoms with Gasteiger partial charge in [-0.25, -0.2) is 4.79 Å². The van der Waals surface area contributed by atoms with Crippen molar-refractivity contribution in [2.75, 3.05) is 7.11 Å². The molecule has 0 spiro atoms. The average molecular weight is 430 g/mol. The summed E-state index contributed by atoms with van der Waals surface area (Å²) in [7, 11) is 1.64. The van der Waals surface area contributed by atoms with Gasteiger partial charge in [-0.3, -0.25) is 14.6 Å². The number of hydrogen-bond acceptors (Lipinski definition) is 3. The van der Waals surface area contributed by atoms with Crippen molar-refractivity contribution >= 4 is 22.8 Å². The van der Waals surface area contributed by atoms with Crippen molar-refractivity contribution in [3.8, 4) is 5.75 Å². The molecule has 6 nitrogen and oxygen atoms in total. The molecule has 32 heavy (non-hydrogen) atoms. The third-order valence-electron chi connectivity index (χ3n) is 7.45. The second-order valence-electron chi connectivity index (χ2n) is 9.15. The van der Waals surface area contributed by atoms with Crippen LogP contribution in [0.25, 0.3) is 10.9 Å². The number of urea groups is 1. The molecule has 1 saturated heterocycles. The molecule has 3 aromatic rings. The number of H-pyrrole nitrogens is 1. The van der Waals surface area contributed by atoms with E-state index >= 15 is 0 Å². The van der Waals surface area contributed by atoms with Crippen LogP contribution < -0.4 is 4.74 Å². The quantitative estimate of drug-likeness (QED) is 0.609. The highest BCUT2D eigenvalue weighted by atomic mass is 16.5. The first-order valence-corrected chi connectivity index (χ1v) is 11.6. The van der Waals surface area contributed by atoms with E-state index in [1.54, 1.807) is 12.0 Å². The van der Waals surface area contributed by atoms with Crippen LogP contribution >= 0.6 is 0 Å². The Bertz CT molecular complexity index is 1190. The summed E-state index contributed by atoms with van der Waals surface area (Å²) in [5.74, 6) is 0.738. The maximum atomic E-state index is 13.8. The lowest BCUT2D eigenvalue weighted by Gasteiger charge is -2.36. The molecule has 0 radical (unpaired) electrons. The number of fused-ring (bicyclic) bond motifs is 4. The van der Waals surface area contributed by atoms with Gasteiger partial charge in [-0.15, -0.1) is 0 Å². The Morgan fingerprint density at radius 2 is 1.72 bits per heavy atom. The molecule has 1 aromatic heterocycles. The van der Waals surface area contributed by atoms with Crippen LogP contribution in [0.3, 0.4) is 0 Å². The van der Waals surface area contributed by atoms with E-state index in [2.05, 4.69) is 17.1 Å². The minimum Gasteiger partial charge on any atom is -0.497 e. The number of aromatic nitrogens is 1. The smallest absolute Gasteiger partial charge is 0.328 e. The fraction of sp³-hybridized carbons (Fsp3) is 0.385. The molecule has 3 aliphatic rings. The average Bonchev–Trinajstić information content (AvgIpc) is 3.33. The number of amides is 3. The monoisotopic (exact) mass is 429 g/mol. The number of methoxy groups -OCH3 is 1. The van der Waals surface area contributed by atoms with E-state index in [0.717, 1.165) is 59.2 Å². The Balaban J connectivity index is 1.49. The van der Waals surface area contributed by atoms with Gasteiger partial charge >= 0.3 is 6.03 Å². The highest BCUT2D eigenvalue weighted by Crippen LogP contribution is 2.45. The molecule has 2 unspecified atom stereocenters. The van der Waals surface area contributed by atoms with Gasteiger partial charge in [0.25, 0.3) is 5.91 Å². The van der Waals surface area contributed by atoms with Gasteiger partial charge in [-0.2, -0.15) is 0 Å². The zero-order valence-electron chi connectivity index (χ0n) is 18.2. The van der Waals surface area contributed by atoms with Gasteiger partial charge in [0.1, 0.15) is 17.8 Å². The van der Waals surface area contributed by atoms with Crippen LogP contribution in [0.2, 0.25) is 0 Å². The summed E-state index contributed by atoms with van der Waals surface area (Å²) < 4.78 is 5.34. The van der Waals surface area contributed by atoms with E-state index in [4.69, 9.17) is 4.74 Å². The molecule has 3 amide bonds. The highest BCUT2D eigenvalue weighted by Gasteiger charge is 2.54. The van der Waals surface area contributed by atoms with Crippen LogP contribution in [-0.4, -0.2) is 45.9 Å². The molecule has 2 fully saturated rings. The predicted molar refractivity (Wildman–Crippen MR) is 122 cm³/mol. The number of nitrogens with one attached hydrogen (secondary N) is 1. The zero-order valence-corrected chi connectivity index (χ0v) is 18.2. The number of nitrogens with zero attached hydrogens (tertiary/aromatic N) is 2. The number of benzene rings is 2. The largest absolute Gasteiger partial charge is 0.497 e. The number of aromatic amines is 1. The Morgan fingerprint density at radius 3 is 2.47 bits per heavy atom. The van der Waals surface area contributed by atoms with E-state index in [-0.39, 0.29) is 24.0 Å². The molecule has 2 atom stereocenters. The number of hydrogen-bond donors (Lipinski definition) is 1. The number of rotatable bonds is 3. The van der Waals surface area contributed by atoms with Crippen molar-refractivity contribution in [1.29, 1.82) is 0 Å². The van der Waals surface area contributed by atoms with Crippen LogP contribution in [0.15, 0.2) is 48.5 Å². The molecule has 6 heteroatoms. The molecule has 1 aliphatic carbocycles. The Labute approximate surface area is 187 Å². The third-order valence-corrected chi connectivity index (χ3v) is 7.45. The summed E-state index contributed by atoms with van der Waals surface area (Å²) in [5.41, 5.74) is 4.18. The van der Waals surface area contributed by atoms with Crippen LogP contribution in [0, 0.1) is 0 Å². The van der Waals surface area contributed by atoms with Gasteiger partial charge in [0.05, 0.1) is 7.11 Å². The number of para-hydroxylation sites is 1. The minimum absolute atomic E-state index is 0.0287. The van der Waals surface area contributed by atoms with Crippen molar-refractivity contribution < 1.29 is 14.3 Å². The molecule has 6 rings (SSSR count). The van der Waals surface area contributed by atoms with Crippen molar-refractivity contribution in [2.45, 2.75) is 56.7 Å². The Morgan fingerprint density at radius 1 is 0.969 bits per heavy atom. The highest BCUT2D eigenvalue weighted by molar-refractivity contribution is 6.06. The van der Waals surface area contributed by atoms with Gasteiger partial charge in [0.15, 0.2) is 0 Å². The van der Waals surface area contributed by atoms with E-state index in [9.17, 15) is 9.59 Å². The summed E-state index contributed by atoms with van der Waals surface area (Å²) in [6, 6.07) is 15.1. The molecule has 1 N–H and O–H groups in total. The van der Waals surface area contributed by atoms with Gasteiger partial charge in [0.2, 0.25) is 0 Å². The molecule has 1 saturated carbocycles. The van der Waals surface area contributed by atoms with Crippen LogP contribution in [0.5, 0.6) is 5.75 Å². The number of imide groups is 1. The molecule has 3 heterocycles. The van der Waals surface area contributed by atoms with E-state index in [0.29, 0.717) is 6.42 Å². The maximum absolute atomic E-state index is 13.8. The van der Waals surface area contributed by atoms with Crippen molar-refractivity contribution in [3.05, 3.63) is 65.4 Å². The molecule has 164 valence electrons. The van der Waals surface area contributed by atoms with Crippen molar-refractivity contribution in [3.63, 3.8) is 0 Å². The number of carbonyl (C=O) groups is 2. The predicted octanol–water partition coefficient (Wildman–Crippen LogP) is 4.79. The Hall–Kier alpha value is -3.28. The second-order valence-corrected chi connectivity index (χ2v) is 9.15. The van der Waals surface area contributed by atoms with E-state index in [1.807, 2.05) is 41.3 Å². The second kappa shape index (κ2) is 7.40. The number of carbonyl (C=O) groups excluding carboxylic acids is 2. The lowest BCUT2D eigenvalue weighted by atomic mass is 9.88. The van der Waals surface area contributed by atoms with Crippen molar-refractivity contribution in [1.82, 2.24) is 14.8 Å². The van der Waals surface area contributed by atoms with Crippen LogP contribution in [0.4, 0.5) is 4.79 Å². The first-order chi connectivity index (χ1) is 15.7. The van der Waals surface area contributed by atoms with E-state index in [1.165, 1.54) is 6.42 Å². The number of ether oxygens (including phenoxy) is 1. The first-order valence-electron chi connectivity index (χ1n) is 11.6. The SMILES string of the molecule is COc1ccc(C2c3[nH]c4ccccc4c3CC3C(=O)N(C4CCCCC4)C(=O)N32)cc1. The van der Waals surface area contributed by atoms with Crippen LogP contribution in [-0.2, 0) is 11.2 Å². The first kappa shape index (κ1) is 19.4. The maximum Gasteiger partial charge on any atom is 0.328 e. The van der Waals surface area contributed by atoms with Crippen LogP contribution in [0.1, 0.15) is 55.0 Å². The normalized spacial score (nSPS) is 23.5.